The van der Waals surface area contributed by atoms with Gasteiger partial charge in [0.1, 0.15) is 0 Å². The maximum absolute atomic E-state index is 11.6. The second kappa shape index (κ2) is 8.07. The minimum atomic E-state index is -0.484. The Morgan fingerprint density at radius 1 is 1.09 bits per heavy atom. The highest BCUT2D eigenvalue weighted by molar-refractivity contribution is 5.93. The third-order valence-corrected chi connectivity index (χ3v) is 2.71. The molecule has 6 nitrogen and oxygen atoms in total. The maximum Gasteiger partial charge on any atom is 0.333 e. The molecule has 0 fully saturated rings. The molecule has 120 valence electrons. The van der Waals surface area contributed by atoms with Gasteiger partial charge in [-0.3, -0.25) is 4.79 Å². The fourth-order valence-corrected chi connectivity index (χ4v) is 1.78. The zero-order valence-corrected chi connectivity index (χ0v) is 13.4. The Bertz CT molecular complexity index is 563. The van der Waals surface area contributed by atoms with Crippen LogP contribution >= 0.6 is 0 Å². The molecule has 1 rings (SSSR count). The molecule has 0 aliphatic rings. The van der Waals surface area contributed by atoms with Crippen molar-refractivity contribution < 1.29 is 28.5 Å². The highest BCUT2D eigenvalue weighted by atomic mass is 16.6. The molecule has 6 heteroatoms. The van der Waals surface area contributed by atoms with E-state index in [1.54, 1.807) is 32.1 Å². The molecular formula is C16H20O6. The second-order valence-electron chi connectivity index (χ2n) is 4.40. The van der Waals surface area contributed by atoms with Crippen LogP contribution < -0.4 is 14.2 Å². The lowest BCUT2D eigenvalue weighted by Crippen LogP contribution is -2.06. The minimum absolute atomic E-state index is 0.198. The average Bonchev–Trinajstić information content (AvgIpc) is 2.47. The molecule has 0 aliphatic heterocycles. The van der Waals surface area contributed by atoms with Crippen molar-refractivity contribution in [3.05, 3.63) is 23.3 Å². The van der Waals surface area contributed by atoms with E-state index in [9.17, 15) is 9.59 Å². The molecule has 0 amide bonds. The Balaban J connectivity index is 3.26. The smallest absolute Gasteiger partial charge is 0.333 e. The van der Waals surface area contributed by atoms with Gasteiger partial charge in [-0.25, -0.2) is 4.79 Å². The molecule has 0 heterocycles. The third-order valence-electron chi connectivity index (χ3n) is 2.71. The molecule has 1 aromatic carbocycles. The van der Waals surface area contributed by atoms with Gasteiger partial charge in [0, 0.05) is 12.5 Å². The highest BCUT2D eigenvalue weighted by Gasteiger charge is 2.16. The molecule has 0 spiro atoms. The first-order valence-electron chi connectivity index (χ1n) is 6.72. The largest absolute Gasteiger partial charge is 0.493 e. The number of ether oxygens (including phenoxy) is 4. The van der Waals surface area contributed by atoms with E-state index in [0.717, 1.165) is 0 Å². The number of esters is 2. The third kappa shape index (κ3) is 4.51. The predicted octanol–water partition coefficient (Wildman–Crippen LogP) is 2.60. The van der Waals surface area contributed by atoms with Crippen molar-refractivity contribution in [2.45, 2.75) is 20.8 Å². The number of carbonyl (C=O) groups is 2. The Labute approximate surface area is 129 Å². The molecule has 22 heavy (non-hydrogen) atoms. The molecule has 0 aliphatic carbocycles. The van der Waals surface area contributed by atoms with Crippen molar-refractivity contribution in [2.24, 2.45) is 0 Å². The number of carbonyl (C=O) groups excluding carboxylic acids is 2. The summed E-state index contributed by atoms with van der Waals surface area (Å²) in [6.45, 7) is 4.99. The molecule has 0 atom stereocenters. The summed E-state index contributed by atoms with van der Waals surface area (Å²) in [7, 11) is 2.90. The molecule has 0 aromatic heterocycles. The van der Waals surface area contributed by atoms with Crippen molar-refractivity contribution in [3.63, 3.8) is 0 Å². The van der Waals surface area contributed by atoms with Gasteiger partial charge < -0.3 is 18.9 Å². The van der Waals surface area contributed by atoms with Crippen LogP contribution in [-0.4, -0.2) is 32.8 Å². The molecular weight excluding hydrogens is 288 g/mol. The topological polar surface area (TPSA) is 71.1 Å². The molecule has 0 N–H and O–H groups in total. The van der Waals surface area contributed by atoms with Crippen molar-refractivity contribution in [1.82, 2.24) is 0 Å². The normalized spacial score (nSPS) is 10.9. The van der Waals surface area contributed by atoms with Crippen LogP contribution in [0.25, 0.3) is 6.08 Å². The Morgan fingerprint density at radius 2 is 1.64 bits per heavy atom. The van der Waals surface area contributed by atoms with Gasteiger partial charge in [-0.15, -0.1) is 0 Å². The standard InChI is InChI=1S/C16H20O6/c1-6-21-16(18)10(2)7-12-8-13(19-4)15(22-11(3)17)14(9-12)20-5/h7-9H,6H2,1-5H3/b10-7+. The predicted molar refractivity (Wildman–Crippen MR) is 81.1 cm³/mol. The summed E-state index contributed by atoms with van der Waals surface area (Å²) in [4.78, 5) is 22.8. The summed E-state index contributed by atoms with van der Waals surface area (Å²) in [6.07, 6.45) is 1.64. The lowest BCUT2D eigenvalue weighted by molar-refractivity contribution is -0.138. The van der Waals surface area contributed by atoms with E-state index in [1.165, 1.54) is 21.1 Å². The van der Waals surface area contributed by atoms with Gasteiger partial charge in [0.15, 0.2) is 11.5 Å². The SMILES string of the molecule is CCOC(=O)/C(C)=C/c1cc(OC)c(OC(C)=O)c(OC)c1. The first-order valence-corrected chi connectivity index (χ1v) is 6.72. The first-order chi connectivity index (χ1) is 10.4. The van der Waals surface area contributed by atoms with E-state index in [0.29, 0.717) is 29.2 Å². The fraction of sp³-hybridized carbons (Fsp3) is 0.375. The molecule has 0 unspecified atom stereocenters. The summed E-state index contributed by atoms with van der Waals surface area (Å²) in [5, 5.41) is 0. The van der Waals surface area contributed by atoms with Crippen molar-refractivity contribution in [3.8, 4) is 17.2 Å². The average molecular weight is 308 g/mol. The van der Waals surface area contributed by atoms with Crippen LogP contribution in [0.3, 0.4) is 0 Å². The Morgan fingerprint density at radius 3 is 2.05 bits per heavy atom. The van der Waals surface area contributed by atoms with Gasteiger partial charge in [0.25, 0.3) is 0 Å². The van der Waals surface area contributed by atoms with Gasteiger partial charge >= 0.3 is 11.9 Å². The summed E-state index contributed by atoms with van der Waals surface area (Å²) in [5.41, 5.74) is 1.10. The van der Waals surface area contributed by atoms with E-state index >= 15 is 0 Å². The molecule has 0 bridgehead atoms. The number of methoxy groups -OCH3 is 2. The van der Waals surface area contributed by atoms with Gasteiger partial charge in [-0.2, -0.15) is 0 Å². The Hall–Kier alpha value is -2.50. The van der Waals surface area contributed by atoms with Gasteiger partial charge in [0.2, 0.25) is 5.75 Å². The van der Waals surface area contributed by atoms with Gasteiger partial charge in [-0.1, -0.05) is 0 Å². The van der Waals surface area contributed by atoms with Crippen LogP contribution in [0.4, 0.5) is 0 Å². The molecule has 1 aromatic rings. The van der Waals surface area contributed by atoms with Crippen LogP contribution in [0.5, 0.6) is 17.2 Å². The second-order valence-corrected chi connectivity index (χ2v) is 4.40. The van der Waals surface area contributed by atoms with Crippen molar-refractivity contribution in [1.29, 1.82) is 0 Å². The quantitative estimate of drug-likeness (QED) is 0.457. The summed E-state index contributed by atoms with van der Waals surface area (Å²) in [5.74, 6) is -0.0227. The summed E-state index contributed by atoms with van der Waals surface area (Å²) < 4.78 is 20.5. The van der Waals surface area contributed by atoms with Gasteiger partial charge in [0.05, 0.1) is 20.8 Å². The monoisotopic (exact) mass is 308 g/mol. The summed E-state index contributed by atoms with van der Waals surface area (Å²) in [6, 6.07) is 3.28. The number of hydrogen-bond donors (Lipinski definition) is 0. The van der Waals surface area contributed by atoms with Crippen LogP contribution in [-0.2, 0) is 14.3 Å². The summed E-state index contributed by atoms with van der Waals surface area (Å²) >= 11 is 0. The Kier molecular flexibility index (Phi) is 6.44. The van der Waals surface area contributed by atoms with E-state index in [-0.39, 0.29) is 5.75 Å². The number of hydrogen-bond acceptors (Lipinski definition) is 6. The van der Waals surface area contributed by atoms with Crippen LogP contribution in [0.15, 0.2) is 17.7 Å². The van der Waals surface area contributed by atoms with Crippen LogP contribution in [0, 0.1) is 0 Å². The van der Waals surface area contributed by atoms with Crippen LogP contribution in [0.1, 0.15) is 26.3 Å². The van der Waals surface area contributed by atoms with Crippen LogP contribution in [0.2, 0.25) is 0 Å². The van der Waals surface area contributed by atoms with Crippen molar-refractivity contribution >= 4 is 18.0 Å². The lowest BCUT2D eigenvalue weighted by Gasteiger charge is -2.13. The fourth-order valence-electron chi connectivity index (χ4n) is 1.78. The first kappa shape index (κ1) is 17.6. The van der Waals surface area contributed by atoms with Crippen molar-refractivity contribution in [2.75, 3.05) is 20.8 Å². The van der Waals surface area contributed by atoms with E-state index in [2.05, 4.69) is 0 Å². The number of rotatable bonds is 6. The molecule has 0 radical (unpaired) electrons. The molecule has 0 saturated carbocycles. The zero-order valence-electron chi connectivity index (χ0n) is 13.4. The van der Waals surface area contributed by atoms with E-state index in [4.69, 9.17) is 18.9 Å². The highest BCUT2D eigenvalue weighted by Crippen LogP contribution is 2.39. The molecule has 0 saturated heterocycles. The maximum atomic E-state index is 11.6. The minimum Gasteiger partial charge on any atom is -0.493 e. The zero-order chi connectivity index (χ0) is 16.7. The number of benzene rings is 1. The van der Waals surface area contributed by atoms with Gasteiger partial charge in [-0.05, 0) is 37.6 Å². The van der Waals surface area contributed by atoms with E-state index in [1.807, 2.05) is 0 Å². The lowest BCUT2D eigenvalue weighted by atomic mass is 10.1. The van der Waals surface area contributed by atoms with E-state index < -0.39 is 11.9 Å².